The van der Waals surface area contributed by atoms with E-state index in [0.29, 0.717) is 6.42 Å². The van der Waals surface area contributed by atoms with Crippen LogP contribution in [0.3, 0.4) is 0 Å². The van der Waals surface area contributed by atoms with Crippen LogP contribution in [0.25, 0.3) is 16.5 Å². The van der Waals surface area contributed by atoms with Gasteiger partial charge in [0.15, 0.2) is 0 Å². The molecule has 5 nitrogen and oxygen atoms in total. The third kappa shape index (κ3) is 3.38. The van der Waals surface area contributed by atoms with E-state index >= 15 is 0 Å². The number of aromatic nitrogens is 2. The van der Waals surface area contributed by atoms with Crippen molar-refractivity contribution in [3.63, 3.8) is 0 Å². The number of amides is 1. The third-order valence-electron chi connectivity index (χ3n) is 4.59. The van der Waals surface area contributed by atoms with Gasteiger partial charge in [0.05, 0.1) is 17.9 Å². The van der Waals surface area contributed by atoms with E-state index in [1.807, 2.05) is 49.7 Å². The Hall–Kier alpha value is -2.95. The van der Waals surface area contributed by atoms with Gasteiger partial charge in [-0.3, -0.25) is 9.59 Å². The summed E-state index contributed by atoms with van der Waals surface area (Å²) >= 11 is 0. The number of fused-ring (bicyclic) bond motifs is 1. The summed E-state index contributed by atoms with van der Waals surface area (Å²) < 4.78 is 1.88. The predicted molar refractivity (Wildman–Crippen MR) is 102 cm³/mol. The smallest absolute Gasteiger partial charge is 0.287 e. The first-order valence-electron chi connectivity index (χ1n) is 8.89. The number of carbonyl (C=O) groups is 2. The molecule has 1 heterocycles. The molecule has 0 aliphatic rings. The van der Waals surface area contributed by atoms with Crippen LogP contribution in [0.15, 0.2) is 48.7 Å². The van der Waals surface area contributed by atoms with Gasteiger partial charge in [-0.05, 0) is 31.7 Å². The van der Waals surface area contributed by atoms with Crippen LogP contribution in [0.1, 0.15) is 44.0 Å². The third-order valence-corrected chi connectivity index (χ3v) is 4.59. The van der Waals surface area contributed by atoms with Crippen molar-refractivity contribution in [1.29, 1.82) is 0 Å². The van der Waals surface area contributed by atoms with Gasteiger partial charge >= 0.3 is 0 Å². The zero-order chi connectivity index (χ0) is 18.7. The van der Waals surface area contributed by atoms with E-state index in [2.05, 4.69) is 28.6 Å². The second-order valence-corrected chi connectivity index (χ2v) is 6.46. The first kappa shape index (κ1) is 17.9. The van der Waals surface area contributed by atoms with E-state index < -0.39 is 5.91 Å². The molecular weight excluding hydrogens is 326 g/mol. The number of hydrogen-bond acceptors (Lipinski definition) is 3. The van der Waals surface area contributed by atoms with Gasteiger partial charge in [-0.15, -0.1) is 0 Å². The zero-order valence-corrected chi connectivity index (χ0v) is 15.3. The summed E-state index contributed by atoms with van der Waals surface area (Å²) in [5.41, 5.74) is 2.83. The highest BCUT2D eigenvalue weighted by molar-refractivity contribution is 6.36. The summed E-state index contributed by atoms with van der Waals surface area (Å²) in [5.74, 6) is -0.907. The number of rotatable bonds is 6. The Balaban J connectivity index is 1.90. The lowest BCUT2D eigenvalue weighted by Crippen LogP contribution is -2.33. The predicted octanol–water partition coefficient (Wildman–Crippen LogP) is 3.88. The summed E-state index contributed by atoms with van der Waals surface area (Å²) in [7, 11) is 0. The summed E-state index contributed by atoms with van der Waals surface area (Å²) in [6.45, 7) is 5.72. The molecule has 0 unspecified atom stereocenters. The van der Waals surface area contributed by atoms with Gasteiger partial charge in [-0.2, -0.15) is 5.10 Å². The number of Topliss-reactive ketones (excluding diaryl/α,β-unsaturated/α-hetero) is 1. The van der Waals surface area contributed by atoms with Crippen molar-refractivity contribution < 1.29 is 9.59 Å². The van der Waals surface area contributed by atoms with Crippen molar-refractivity contribution >= 4 is 22.5 Å². The van der Waals surface area contributed by atoms with Crippen LogP contribution < -0.4 is 5.32 Å². The molecule has 1 N–H and O–H groups in total. The minimum absolute atomic E-state index is 0.271. The molecule has 1 amide bonds. The molecule has 0 aliphatic carbocycles. The van der Waals surface area contributed by atoms with E-state index in [0.717, 1.165) is 27.7 Å². The maximum Gasteiger partial charge on any atom is 0.287 e. The molecule has 2 aromatic carbocycles. The van der Waals surface area contributed by atoms with Gasteiger partial charge in [-0.25, -0.2) is 4.68 Å². The van der Waals surface area contributed by atoms with E-state index in [-0.39, 0.29) is 18.2 Å². The Morgan fingerprint density at radius 2 is 1.88 bits per heavy atom. The number of benzene rings is 2. The van der Waals surface area contributed by atoms with Crippen molar-refractivity contribution in [2.45, 2.75) is 39.7 Å². The highest BCUT2D eigenvalue weighted by atomic mass is 16.2. The van der Waals surface area contributed by atoms with Gasteiger partial charge in [-0.1, -0.05) is 43.3 Å². The average Bonchev–Trinajstić information content (AvgIpc) is 3.02. The summed E-state index contributed by atoms with van der Waals surface area (Å²) in [6, 6.07) is 14.0. The van der Waals surface area contributed by atoms with Crippen molar-refractivity contribution in [3.05, 3.63) is 59.9 Å². The van der Waals surface area contributed by atoms with E-state index in [1.54, 1.807) is 6.20 Å². The minimum Gasteiger partial charge on any atom is -0.343 e. The van der Waals surface area contributed by atoms with E-state index in [1.165, 1.54) is 0 Å². The normalized spacial score (nSPS) is 12.1. The van der Waals surface area contributed by atoms with Gasteiger partial charge in [0, 0.05) is 23.1 Å². The van der Waals surface area contributed by atoms with Crippen LogP contribution in [0.4, 0.5) is 0 Å². The molecule has 0 fully saturated rings. The van der Waals surface area contributed by atoms with Crippen LogP contribution in [0.5, 0.6) is 0 Å². The summed E-state index contributed by atoms with van der Waals surface area (Å²) in [6.07, 6.45) is 2.69. The molecule has 5 heteroatoms. The zero-order valence-electron chi connectivity index (χ0n) is 15.3. The minimum atomic E-state index is -0.531. The van der Waals surface area contributed by atoms with Gasteiger partial charge < -0.3 is 5.32 Å². The SMILES string of the molecule is CCCC(=O)C(=O)N[C@H](C)c1cnn(-c2cccc3ccccc23)c1C. The van der Waals surface area contributed by atoms with Crippen molar-refractivity contribution in [2.24, 2.45) is 0 Å². The lowest BCUT2D eigenvalue weighted by Gasteiger charge is -2.14. The Morgan fingerprint density at radius 3 is 2.65 bits per heavy atom. The Kier molecular flexibility index (Phi) is 5.16. The topological polar surface area (TPSA) is 64.0 Å². The maximum atomic E-state index is 12.0. The second-order valence-electron chi connectivity index (χ2n) is 6.46. The fraction of sp³-hybridized carbons (Fsp3) is 0.286. The number of nitrogens with zero attached hydrogens (tertiary/aromatic N) is 2. The molecule has 3 aromatic rings. The molecule has 0 aliphatic heterocycles. The molecule has 0 saturated heterocycles. The van der Waals surface area contributed by atoms with Gasteiger partial charge in [0.1, 0.15) is 0 Å². The molecule has 1 atom stereocenters. The van der Waals surface area contributed by atoms with Crippen LogP contribution in [-0.2, 0) is 9.59 Å². The number of hydrogen-bond donors (Lipinski definition) is 1. The van der Waals surface area contributed by atoms with Gasteiger partial charge in [0.2, 0.25) is 5.78 Å². The molecule has 0 radical (unpaired) electrons. The highest BCUT2D eigenvalue weighted by Crippen LogP contribution is 2.25. The summed E-state index contributed by atoms with van der Waals surface area (Å²) in [5, 5.41) is 9.57. The molecule has 0 saturated carbocycles. The van der Waals surface area contributed by atoms with Crippen LogP contribution >= 0.6 is 0 Å². The lowest BCUT2D eigenvalue weighted by atomic mass is 10.1. The molecule has 3 rings (SSSR count). The molecule has 26 heavy (non-hydrogen) atoms. The largest absolute Gasteiger partial charge is 0.343 e. The molecular formula is C21H23N3O2. The fourth-order valence-electron chi connectivity index (χ4n) is 3.18. The van der Waals surface area contributed by atoms with Crippen LogP contribution in [0, 0.1) is 6.92 Å². The summed E-state index contributed by atoms with van der Waals surface area (Å²) in [4.78, 5) is 23.7. The Labute approximate surface area is 153 Å². The van der Waals surface area contributed by atoms with E-state index in [9.17, 15) is 9.59 Å². The second kappa shape index (κ2) is 7.52. The molecule has 1 aromatic heterocycles. The quantitative estimate of drug-likeness (QED) is 0.687. The Morgan fingerprint density at radius 1 is 1.15 bits per heavy atom. The Bertz CT molecular complexity index is 954. The standard InChI is InChI=1S/C21H23N3O2/c1-4-8-20(25)21(26)23-14(2)18-13-22-24(15(18)3)19-12-7-10-16-9-5-6-11-17(16)19/h5-7,9-14H,4,8H2,1-3H3,(H,23,26)/t14-/m1/s1. The van der Waals surface area contributed by atoms with Crippen molar-refractivity contribution in [1.82, 2.24) is 15.1 Å². The lowest BCUT2D eigenvalue weighted by molar-refractivity contribution is -0.138. The van der Waals surface area contributed by atoms with E-state index in [4.69, 9.17) is 0 Å². The fourth-order valence-corrected chi connectivity index (χ4v) is 3.18. The molecule has 134 valence electrons. The van der Waals surface area contributed by atoms with Crippen molar-refractivity contribution in [2.75, 3.05) is 0 Å². The number of ketones is 1. The number of carbonyl (C=O) groups excluding carboxylic acids is 2. The first-order valence-corrected chi connectivity index (χ1v) is 8.89. The highest BCUT2D eigenvalue weighted by Gasteiger charge is 2.20. The van der Waals surface area contributed by atoms with Crippen molar-refractivity contribution in [3.8, 4) is 5.69 Å². The molecule has 0 bridgehead atoms. The van der Waals surface area contributed by atoms with Crippen LogP contribution in [-0.4, -0.2) is 21.5 Å². The van der Waals surface area contributed by atoms with Gasteiger partial charge in [0.25, 0.3) is 5.91 Å². The number of nitrogens with one attached hydrogen (secondary N) is 1. The average molecular weight is 349 g/mol. The first-order chi connectivity index (χ1) is 12.5. The maximum absolute atomic E-state index is 12.0. The monoisotopic (exact) mass is 349 g/mol. The molecule has 0 spiro atoms. The van der Waals surface area contributed by atoms with Crippen LogP contribution in [0.2, 0.25) is 0 Å².